The van der Waals surface area contributed by atoms with Crippen LogP contribution in [0.15, 0.2) is 54.9 Å². The first-order chi connectivity index (χ1) is 12.8. The Balaban J connectivity index is 1.42. The van der Waals surface area contributed by atoms with E-state index < -0.39 is 0 Å². The molecule has 0 saturated carbocycles. The third-order valence-corrected chi connectivity index (χ3v) is 5.73. The second-order valence-corrected chi connectivity index (χ2v) is 7.53. The van der Waals surface area contributed by atoms with Gasteiger partial charge >= 0.3 is 0 Å². The van der Waals surface area contributed by atoms with Crippen molar-refractivity contribution in [3.8, 4) is 0 Å². The molecule has 2 atom stereocenters. The summed E-state index contributed by atoms with van der Waals surface area (Å²) in [7, 11) is 0. The molecule has 2 aliphatic heterocycles. The van der Waals surface area contributed by atoms with Crippen LogP contribution in [0.2, 0.25) is 0 Å². The van der Waals surface area contributed by atoms with Crippen molar-refractivity contribution >= 4 is 5.91 Å². The molecular formula is C22H27N3O. The topological polar surface area (TPSA) is 36.4 Å². The Kier molecular flexibility index (Phi) is 5.30. The van der Waals surface area contributed by atoms with E-state index in [1.54, 1.807) is 0 Å². The van der Waals surface area contributed by atoms with Gasteiger partial charge in [0.05, 0.1) is 12.0 Å². The van der Waals surface area contributed by atoms with Gasteiger partial charge in [-0.25, -0.2) is 0 Å². The first kappa shape index (κ1) is 17.2. The van der Waals surface area contributed by atoms with Crippen LogP contribution < -0.4 is 0 Å². The SMILES string of the molecule is O=C([C@H]1CCCN(Cc2ccccc2)C1)N1CCC[C@H]1c1ccncc1. The molecule has 2 aromatic rings. The molecule has 0 unspecified atom stereocenters. The van der Waals surface area contributed by atoms with Crippen LogP contribution >= 0.6 is 0 Å². The van der Waals surface area contributed by atoms with Crippen LogP contribution in [0.4, 0.5) is 0 Å². The number of pyridine rings is 1. The lowest BCUT2D eigenvalue weighted by Gasteiger charge is -2.35. The van der Waals surface area contributed by atoms with Gasteiger partial charge in [0.15, 0.2) is 0 Å². The number of nitrogens with zero attached hydrogens (tertiary/aromatic N) is 3. The van der Waals surface area contributed by atoms with E-state index in [2.05, 4.69) is 57.2 Å². The molecule has 4 nitrogen and oxygen atoms in total. The van der Waals surface area contributed by atoms with Gasteiger partial charge < -0.3 is 4.90 Å². The minimum absolute atomic E-state index is 0.134. The van der Waals surface area contributed by atoms with E-state index in [0.717, 1.165) is 51.9 Å². The summed E-state index contributed by atoms with van der Waals surface area (Å²) >= 11 is 0. The highest BCUT2D eigenvalue weighted by molar-refractivity contribution is 5.80. The fraction of sp³-hybridized carbons (Fsp3) is 0.455. The highest BCUT2D eigenvalue weighted by atomic mass is 16.2. The number of aromatic nitrogens is 1. The molecule has 0 spiro atoms. The van der Waals surface area contributed by atoms with Crippen molar-refractivity contribution in [2.75, 3.05) is 19.6 Å². The van der Waals surface area contributed by atoms with Crippen LogP contribution in [0.1, 0.15) is 42.9 Å². The molecular weight excluding hydrogens is 322 g/mol. The number of rotatable bonds is 4. The molecule has 1 amide bonds. The van der Waals surface area contributed by atoms with Crippen LogP contribution in [-0.2, 0) is 11.3 Å². The number of carbonyl (C=O) groups excluding carboxylic acids is 1. The lowest BCUT2D eigenvalue weighted by Crippen LogP contribution is -2.44. The summed E-state index contributed by atoms with van der Waals surface area (Å²) in [4.78, 5) is 22.0. The normalized spacial score (nSPS) is 23.9. The van der Waals surface area contributed by atoms with Crippen molar-refractivity contribution in [3.63, 3.8) is 0 Å². The van der Waals surface area contributed by atoms with Crippen molar-refractivity contribution in [1.82, 2.24) is 14.8 Å². The quantitative estimate of drug-likeness (QED) is 0.845. The summed E-state index contributed by atoms with van der Waals surface area (Å²) in [5.41, 5.74) is 2.55. The highest BCUT2D eigenvalue weighted by Gasteiger charge is 2.35. The molecule has 3 heterocycles. The Morgan fingerprint density at radius 3 is 2.58 bits per heavy atom. The molecule has 2 fully saturated rings. The van der Waals surface area contributed by atoms with Gasteiger partial charge in [-0.2, -0.15) is 0 Å². The summed E-state index contributed by atoms with van der Waals surface area (Å²) in [5.74, 6) is 0.483. The van der Waals surface area contributed by atoms with E-state index in [9.17, 15) is 4.79 Å². The molecule has 0 N–H and O–H groups in total. The Hall–Kier alpha value is -2.20. The largest absolute Gasteiger partial charge is 0.335 e. The number of hydrogen-bond donors (Lipinski definition) is 0. The third-order valence-electron chi connectivity index (χ3n) is 5.73. The molecule has 4 rings (SSSR count). The molecule has 1 aromatic heterocycles. The first-order valence-electron chi connectivity index (χ1n) is 9.78. The van der Waals surface area contributed by atoms with Gasteiger partial charge in [-0.1, -0.05) is 30.3 Å². The molecule has 1 aromatic carbocycles. The van der Waals surface area contributed by atoms with Crippen LogP contribution in [0.25, 0.3) is 0 Å². The number of amides is 1. The zero-order chi connectivity index (χ0) is 17.8. The van der Waals surface area contributed by atoms with E-state index >= 15 is 0 Å². The van der Waals surface area contributed by atoms with Crippen LogP contribution in [0, 0.1) is 5.92 Å². The molecule has 0 radical (unpaired) electrons. The lowest BCUT2D eigenvalue weighted by atomic mass is 9.95. The van der Waals surface area contributed by atoms with Gasteiger partial charge in [0.2, 0.25) is 5.91 Å². The average molecular weight is 349 g/mol. The van der Waals surface area contributed by atoms with Gasteiger partial charge in [-0.15, -0.1) is 0 Å². The fourth-order valence-electron chi connectivity index (χ4n) is 4.44. The van der Waals surface area contributed by atoms with Crippen LogP contribution in [-0.4, -0.2) is 40.3 Å². The standard InChI is InChI=1S/C22H27N3O/c26-22(25-15-5-9-21(25)19-10-12-23-13-11-19)20-8-4-14-24(17-20)16-18-6-2-1-3-7-18/h1-3,6-7,10-13,20-21H,4-5,8-9,14-17H2/t20-,21-/m0/s1. The van der Waals surface area contributed by atoms with E-state index in [4.69, 9.17) is 0 Å². The average Bonchev–Trinajstić information content (AvgIpc) is 3.19. The zero-order valence-corrected chi connectivity index (χ0v) is 15.3. The summed E-state index contributed by atoms with van der Waals surface area (Å²) < 4.78 is 0. The van der Waals surface area contributed by atoms with Gasteiger partial charge in [0, 0.05) is 32.0 Å². The number of carbonyl (C=O) groups is 1. The van der Waals surface area contributed by atoms with E-state index in [-0.39, 0.29) is 12.0 Å². The Labute approximate surface area is 155 Å². The van der Waals surface area contributed by atoms with Crippen molar-refractivity contribution in [1.29, 1.82) is 0 Å². The Morgan fingerprint density at radius 1 is 1.00 bits per heavy atom. The Bertz CT molecular complexity index is 719. The number of benzene rings is 1. The lowest BCUT2D eigenvalue weighted by molar-refractivity contribution is -0.138. The second kappa shape index (κ2) is 8.00. The van der Waals surface area contributed by atoms with Crippen molar-refractivity contribution in [2.45, 2.75) is 38.3 Å². The molecule has 2 aliphatic rings. The minimum Gasteiger partial charge on any atom is -0.335 e. The van der Waals surface area contributed by atoms with Gasteiger partial charge in [0.1, 0.15) is 0 Å². The molecule has 2 saturated heterocycles. The van der Waals surface area contributed by atoms with Gasteiger partial charge in [-0.05, 0) is 55.5 Å². The molecule has 136 valence electrons. The molecule has 26 heavy (non-hydrogen) atoms. The molecule has 0 bridgehead atoms. The predicted octanol–water partition coefficient (Wildman–Crippen LogP) is 3.66. The van der Waals surface area contributed by atoms with Gasteiger partial charge in [0.25, 0.3) is 0 Å². The summed E-state index contributed by atoms with van der Waals surface area (Å²) in [5, 5.41) is 0. The number of hydrogen-bond acceptors (Lipinski definition) is 3. The maximum atomic E-state index is 13.3. The van der Waals surface area contributed by atoms with E-state index in [1.165, 1.54) is 11.1 Å². The predicted molar refractivity (Wildman–Crippen MR) is 102 cm³/mol. The number of piperidine rings is 1. The fourth-order valence-corrected chi connectivity index (χ4v) is 4.44. The third kappa shape index (κ3) is 3.80. The summed E-state index contributed by atoms with van der Waals surface area (Å²) in [6, 6.07) is 14.9. The van der Waals surface area contributed by atoms with Gasteiger partial charge in [-0.3, -0.25) is 14.7 Å². The second-order valence-electron chi connectivity index (χ2n) is 7.53. The van der Waals surface area contributed by atoms with Crippen molar-refractivity contribution in [2.24, 2.45) is 5.92 Å². The number of likely N-dealkylation sites (tertiary alicyclic amines) is 2. The van der Waals surface area contributed by atoms with Crippen molar-refractivity contribution in [3.05, 3.63) is 66.0 Å². The Morgan fingerprint density at radius 2 is 1.77 bits per heavy atom. The smallest absolute Gasteiger partial charge is 0.227 e. The zero-order valence-electron chi connectivity index (χ0n) is 15.3. The maximum Gasteiger partial charge on any atom is 0.227 e. The minimum atomic E-state index is 0.134. The highest BCUT2D eigenvalue weighted by Crippen LogP contribution is 2.34. The maximum absolute atomic E-state index is 13.3. The summed E-state index contributed by atoms with van der Waals surface area (Å²) in [6.07, 6.45) is 7.95. The molecule has 4 heteroatoms. The van der Waals surface area contributed by atoms with E-state index in [1.807, 2.05) is 12.4 Å². The molecule has 0 aliphatic carbocycles. The van der Waals surface area contributed by atoms with E-state index in [0.29, 0.717) is 5.91 Å². The monoisotopic (exact) mass is 349 g/mol. The first-order valence-corrected chi connectivity index (χ1v) is 9.78. The van der Waals surface area contributed by atoms with Crippen molar-refractivity contribution < 1.29 is 4.79 Å². The van der Waals surface area contributed by atoms with Crippen LogP contribution in [0.5, 0.6) is 0 Å². The van der Waals surface area contributed by atoms with Crippen LogP contribution in [0.3, 0.4) is 0 Å². The summed E-state index contributed by atoms with van der Waals surface area (Å²) in [6.45, 7) is 3.80.